The Morgan fingerprint density at radius 2 is 2.20 bits per heavy atom. The molecular formula is C18H16FNO4S. The molecule has 2 heterocycles. The fourth-order valence-electron chi connectivity index (χ4n) is 2.44. The Morgan fingerprint density at radius 1 is 1.36 bits per heavy atom. The molecule has 3 aromatic rings. The van der Waals surface area contributed by atoms with Crippen LogP contribution >= 0.6 is 11.3 Å². The number of hydrogen-bond acceptors (Lipinski definition) is 5. The number of hydrogen-bond donors (Lipinski definition) is 2. The highest BCUT2D eigenvalue weighted by molar-refractivity contribution is 7.10. The van der Waals surface area contributed by atoms with Crippen molar-refractivity contribution >= 4 is 17.2 Å². The number of ether oxygens (including phenoxy) is 1. The second kappa shape index (κ2) is 7.08. The predicted octanol–water partition coefficient (Wildman–Crippen LogP) is 3.15. The van der Waals surface area contributed by atoms with Crippen molar-refractivity contribution in [3.8, 4) is 5.75 Å². The molecule has 1 amide bonds. The number of benzene rings is 1. The molecule has 25 heavy (non-hydrogen) atoms. The topological polar surface area (TPSA) is 71.7 Å². The van der Waals surface area contributed by atoms with Gasteiger partial charge in [-0.2, -0.15) is 0 Å². The zero-order valence-electron chi connectivity index (χ0n) is 13.4. The van der Waals surface area contributed by atoms with E-state index in [1.807, 2.05) is 5.38 Å². The maximum atomic E-state index is 13.8. The monoisotopic (exact) mass is 361 g/mol. The molecule has 0 bridgehead atoms. The van der Waals surface area contributed by atoms with Crippen molar-refractivity contribution < 1.29 is 23.4 Å². The minimum absolute atomic E-state index is 0.0576. The van der Waals surface area contributed by atoms with Gasteiger partial charge in [-0.15, -0.1) is 11.3 Å². The van der Waals surface area contributed by atoms with Gasteiger partial charge in [-0.25, -0.2) is 4.39 Å². The number of thiophene rings is 1. The largest absolute Gasteiger partial charge is 0.494 e. The number of nitrogens with one attached hydrogen (secondary N) is 1. The normalized spacial score (nSPS) is 13.2. The van der Waals surface area contributed by atoms with E-state index in [0.29, 0.717) is 10.6 Å². The van der Waals surface area contributed by atoms with Gasteiger partial charge >= 0.3 is 0 Å². The molecule has 130 valence electrons. The Bertz CT molecular complexity index is 812. The molecular weight excluding hydrogens is 345 g/mol. The van der Waals surface area contributed by atoms with Crippen molar-refractivity contribution in [3.63, 3.8) is 0 Å². The number of furan rings is 1. The van der Waals surface area contributed by atoms with Gasteiger partial charge in [0.2, 0.25) is 0 Å². The molecule has 0 aliphatic heterocycles. The number of carbonyl (C=O) groups is 1. The van der Waals surface area contributed by atoms with Gasteiger partial charge in [0.25, 0.3) is 5.91 Å². The predicted molar refractivity (Wildman–Crippen MR) is 91.3 cm³/mol. The Kier molecular flexibility index (Phi) is 4.87. The molecule has 0 unspecified atom stereocenters. The lowest BCUT2D eigenvalue weighted by Gasteiger charge is -2.25. The van der Waals surface area contributed by atoms with Crippen LogP contribution in [0, 0.1) is 5.82 Å². The molecule has 0 aliphatic carbocycles. The Labute approximate surface area is 147 Å². The third-order valence-electron chi connectivity index (χ3n) is 3.78. The van der Waals surface area contributed by atoms with Crippen molar-refractivity contribution in [2.75, 3.05) is 13.7 Å². The van der Waals surface area contributed by atoms with E-state index in [-0.39, 0.29) is 17.9 Å². The van der Waals surface area contributed by atoms with Crippen molar-refractivity contribution in [1.82, 2.24) is 5.32 Å². The molecule has 0 aliphatic rings. The zero-order valence-corrected chi connectivity index (χ0v) is 14.2. The summed E-state index contributed by atoms with van der Waals surface area (Å²) < 4.78 is 23.9. The van der Waals surface area contributed by atoms with Crippen LogP contribution in [0.5, 0.6) is 5.75 Å². The van der Waals surface area contributed by atoms with Crippen molar-refractivity contribution in [3.05, 3.63) is 76.1 Å². The third kappa shape index (κ3) is 3.42. The molecule has 2 aromatic heterocycles. The number of methoxy groups -OCH3 is 1. The summed E-state index contributed by atoms with van der Waals surface area (Å²) in [5.41, 5.74) is -1.37. The first-order chi connectivity index (χ1) is 12.0. The average molecular weight is 361 g/mol. The highest BCUT2D eigenvalue weighted by Crippen LogP contribution is 2.32. The smallest absolute Gasteiger partial charge is 0.251 e. The highest BCUT2D eigenvalue weighted by Gasteiger charge is 2.36. The van der Waals surface area contributed by atoms with Crippen molar-refractivity contribution in [1.29, 1.82) is 0 Å². The van der Waals surface area contributed by atoms with Crippen LogP contribution in [0.1, 0.15) is 21.0 Å². The molecule has 3 rings (SSSR count). The maximum Gasteiger partial charge on any atom is 0.251 e. The molecule has 1 aromatic carbocycles. The van der Waals surface area contributed by atoms with E-state index < -0.39 is 17.3 Å². The fraction of sp³-hybridized carbons (Fsp3) is 0.167. The molecule has 1 atom stereocenters. The number of amides is 1. The van der Waals surface area contributed by atoms with Crippen molar-refractivity contribution in [2.24, 2.45) is 0 Å². The Morgan fingerprint density at radius 3 is 2.80 bits per heavy atom. The first-order valence-electron chi connectivity index (χ1n) is 7.46. The van der Waals surface area contributed by atoms with Gasteiger partial charge in [0.1, 0.15) is 5.76 Å². The lowest BCUT2D eigenvalue weighted by atomic mass is 9.98. The van der Waals surface area contributed by atoms with Crippen LogP contribution < -0.4 is 10.1 Å². The number of carbonyl (C=O) groups excluding carboxylic acids is 1. The Balaban J connectivity index is 1.80. The van der Waals surface area contributed by atoms with Gasteiger partial charge in [0.15, 0.2) is 17.2 Å². The van der Waals surface area contributed by atoms with Gasteiger partial charge in [-0.3, -0.25) is 4.79 Å². The van der Waals surface area contributed by atoms with Crippen LogP contribution in [0.2, 0.25) is 0 Å². The lowest BCUT2D eigenvalue weighted by Crippen LogP contribution is -2.41. The summed E-state index contributed by atoms with van der Waals surface area (Å²) in [4.78, 5) is 13.0. The molecule has 0 fully saturated rings. The van der Waals surface area contributed by atoms with Gasteiger partial charge in [0, 0.05) is 10.4 Å². The van der Waals surface area contributed by atoms with Crippen molar-refractivity contribution in [2.45, 2.75) is 5.60 Å². The zero-order chi connectivity index (χ0) is 17.9. The van der Waals surface area contributed by atoms with Gasteiger partial charge in [0.05, 0.1) is 19.9 Å². The minimum atomic E-state index is -1.50. The van der Waals surface area contributed by atoms with Crippen LogP contribution in [-0.2, 0) is 5.60 Å². The molecule has 7 heteroatoms. The van der Waals surface area contributed by atoms with E-state index in [4.69, 9.17) is 9.15 Å². The standard InChI is InChI=1S/C18H16FNO4S/c1-23-14-7-6-12(10-13(14)19)17(21)20-11-18(22,15-4-2-8-24-15)16-5-3-9-25-16/h2-10,22H,11H2,1H3,(H,20,21)/t18-/m1/s1. The quantitative estimate of drug-likeness (QED) is 0.707. The Hall–Kier alpha value is -2.64. The van der Waals surface area contributed by atoms with Crippen LogP contribution in [0.3, 0.4) is 0 Å². The molecule has 0 radical (unpaired) electrons. The molecule has 2 N–H and O–H groups in total. The van der Waals surface area contributed by atoms with Gasteiger partial charge in [-0.1, -0.05) is 6.07 Å². The highest BCUT2D eigenvalue weighted by atomic mass is 32.1. The van der Waals surface area contributed by atoms with E-state index in [2.05, 4.69) is 5.32 Å². The van der Waals surface area contributed by atoms with Crippen LogP contribution in [0.25, 0.3) is 0 Å². The summed E-state index contributed by atoms with van der Waals surface area (Å²) in [7, 11) is 1.35. The molecule has 0 spiro atoms. The van der Waals surface area contributed by atoms with E-state index in [0.717, 1.165) is 6.07 Å². The van der Waals surface area contributed by atoms with E-state index in [1.54, 1.807) is 24.3 Å². The first kappa shape index (κ1) is 17.2. The molecule has 0 saturated heterocycles. The summed E-state index contributed by atoms with van der Waals surface area (Å²) in [5.74, 6) is -0.767. The maximum absolute atomic E-state index is 13.8. The summed E-state index contributed by atoms with van der Waals surface area (Å²) in [6.45, 7) is -0.118. The molecule has 0 saturated carbocycles. The van der Waals surface area contributed by atoms with E-state index in [9.17, 15) is 14.3 Å². The van der Waals surface area contributed by atoms with Gasteiger partial charge < -0.3 is 19.6 Å². The van der Waals surface area contributed by atoms with Crippen LogP contribution in [0.4, 0.5) is 4.39 Å². The number of rotatable bonds is 6. The molecule has 5 nitrogen and oxygen atoms in total. The van der Waals surface area contributed by atoms with Crippen LogP contribution in [-0.4, -0.2) is 24.7 Å². The second-order valence-electron chi connectivity index (χ2n) is 5.35. The SMILES string of the molecule is COc1ccc(C(=O)NC[C@@](O)(c2ccco2)c2cccs2)cc1F. The first-order valence-corrected chi connectivity index (χ1v) is 8.34. The fourth-order valence-corrected chi connectivity index (χ4v) is 3.27. The summed E-state index contributed by atoms with van der Waals surface area (Å²) in [6, 6.07) is 10.8. The number of aliphatic hydroxyl groups is 1. The van der Waals surface area contributed by atoms with E-state index in [1.165, 1.54) is 36.8 Å². The third-order valence-corrected chi connectivity index (χ3v) is 4.80. The van der Waals surface area contributed by atoms with Crippen LogP contribution in [0.15, 0.2) is 58.5 Å². The average Bonchev–Trinajstić information content (AvgIpc) is 3.33. The summed E-state index contributed by atoms with van der Waals surface area (Å²) in [6.07, 6.45) is 1.45. The second-order valence-corrected chi connectivity index (χ2v) is 6.29. The minimum Gasteiger partial charge on any atom is -0.494 e. The summed E-state index contributed by atoms with van der Waals surface area (Å²) >= 11 is 1.35. The lowest BCUT2D eigenvalue weighted by molar-refractivity contribution is 0.0554. The van der Waals surface area contributed by atoms with Gasteiger partial charge in [-0.05, 0) is 41.8 Å². The number of halogens is 1. The summed E-state index contributed by atoms with van der Waals surface area (Å²) in [5, 5.41) is 15.5. The van der Waals surface area contributed by atoms with E-state index >= 15 is 0 Å².